The number of fused-ring (bicyclic) bond motifs is 1. The first kappa shape index (κ1) is 13.4. The summed E-state index contributed by atoms with van der Waals surface area (Å²) >= 11 is 0. The summed E-state index contributed by atoms with van der Waals surface area (Å²) in [6, 6.07) is 4.90. The van der Waals surface area contributed by atoms with Gasteiger partial charge in [0, 0.05) is 19.2 Å². The summed E-state index contributed by atoms with van der Waals surface area (Å²) in [6.07, 6.45) is 0. The lowest BCUT2D eigenvalue weighted by Gasteiger charge is -2.10. The van der Waals surface area contributed by atoms with E-state index < -0.39 is 5.76 Å². The number of hydrogen-bond acceptors (Lipinski definition) is 4. The fourth-order valence-electron chi connectivity index (χ4n) is 1.72. The summed E-state index contributed by atoms with van der Waals surface area (Å²) < 4.78 is 6.38. The summed E-state index contributed by atoms with van der Waals surface area (Å²) in [7, 11) is 1.60. The smallest absolute Gasteiger partial charge is 0.408 e. The number of rotatable bonds is 4. The molecule has 0 aliphatic carbocycles. The molecule has 0 spiro atoms. The molecule has 0 bridgehead atoms. The molecule has 6 nitrogen and oxygen atoms in total. The van der Waals surface area contributed by atoms with Crippen LogP contribution in [0, 0.1) is 5.92 Å². The van der Waals surface area contributed by atoms with Crippen molar-refractivity contribution in [2.75, 3.05) is 13.1 Å². The quantitative estimate of drug-likeness (QED) is 0.838. The highest BCUT2D eigenvalue weighted by atomic mass is 16.4. The van der Waals surface area contributed by atoms with Crippen LogP contribution in [-0.2, 0) is 7.05 Å². The number of nitrogens with one attached hydrogen (secondary N) is 1. The third-order valence-electron chi connectivity index (χ3n) is 3.07. The van der Waals surface area contributed by atoms with Crippen LogP contribution in [0.15, 0.2) is 27.4 Å². The van der Waals surface area contributed by atoms with Gasteiger partial charge in [-0.2, -0.15) is 0 Å². The minimum absolute atomic E-state index is 0.184. The van der Waals surface area contributed by atoms with Gasteiger partial charge in [-0.05, 0) is 30.7 Å². The second kappa shape index (κ2) is 5.27. The average molecular weight is 263 g/mol. The van der Waals surface area contributed by atoms with E-state index in [4.69, 9.17) is 10.2 Å². The Kier molecular flexibility index (Phi) is 3.71. The standard InChI is InChI=1S/C13H17N3O3/c1-8(6-14)7-15-12(17)9-3-4-11-10(5-9)16(2)13(18)19-11/h3-5,8H,6-7,14H2,1-2H3,(H,15,17). The maximum atomic E-state index is 12.0. The molecule has 0 saturated heterocycles. The lowest BCUT2D eigenvalue weighted by atomic mass is 10.1. The Hall–Kier alpha value is -2.08. The number of hydrogen-bond donors (Lipinski definition) is 2. The number of aryl methyl sites for hydroxylation is 1. The van der Waals surface area contributed by atoms with Gasteiger partial charge >= 0.3 is 5.76 Å². The van der Waals surface area contributed by atoms with E-state index in [0.717, 1.165) is 0 Å². The number of nitrogens with zero attached hydrogens (tertiary/aromatic N) is 1. The molecule has 19 heavy (non-hydrogen) atoms. The Balaban J connectivity index is 2.23. The zero-order valence-corrected chi connectivity index (χ0v) is 11.0. The van der Waals surface area contributed by atoms with Crippen LogP contribution in [0.25, 0.3) is 11.1 Å². The van der Waals surface area contributed by atoms with Gasteiger partial charge in [0.1, 0.15) is 0 Å². The number of carbonyl (C=O) groups is 1. The van der Waals surface area contributed by atoms with Crippen molar-refractivity contribution >= 4 is 17.0 Å². The number of amides is 1. The topological polar surface area (TPSA) is 90.3 Å². The Bertz CT molecular complexity index is 657. The normalized spacial score (nSPS) is 12.6. The third kappa shape index (κ3) is 2.68. The van der Waals surface area contributed by atoms with Gasteiger partial charge in [-0.25, -0.2) is 4.79 Å². The van der Waals surface area contributed by atoms with Crippen LogP contribution in [0.4, 0.5) is 0 Å². The Labute approximate surface area is 110 Å². The Morgan fingerprint density at radius 2 is 2.26 bits per heavy atom. The highest BCUT2D eigenvalue weighted by Gasteiger charge is 2.11. The number of oxazole rings is 1. The third-order valence-corrected chi connectivity index (χ3v) is 3.07. The number of carbonyl (C=O) groups excluding carboxylic acids is 1. The molecule has 1 unspecified atom stereocenters. The average Bonchev–Trinajstić information content (AvgIpc) is 2.70. The first-order valence-electron chi connectivity index (χ1n) is 6.10. The predicted molar refractivity (Wildman–Crippen MR) is 72.0 cm³/mol. The predicted octanol–water partition coefficient (Wildman–Crippen LogP) is 0.456. The van der Waals surface area contributed by atoms with Gasteiger partial charge in [0.2, 0.25) is 0 Å². The van der Waals surface area contributed by atoms with Crippen molar-refractivity contribution in [2.24, 2.45) is 18.7 Å². The van der Waals surface area contributed by atoms with E-state index in [1.807, 2.05) is 6.92 Å². The summed E-state index contributed by atoms with van der Waals surface area (Å²) in [5.41, 5.74) is 7.06. The monoisotopic (exact) mass is 263 g/mol. The fraction of sp³-hybridized carbons (Fsp3) is 0.385. The maximum absolute atomic E-state index is 12.0. The van der Waals surface area contributed by atoms with Crippen molar-refractivity contribution in [1.82, 2.24) is 9.88 Å². The van der Waals surface area contributed by atoms with Crippen LogP contribution < -0.4 is 16.8 Å². The molecule has 1 amide bonds. The zero-order valence-electron chi connectivity index (χ0n) is 11.0. The lowest BCUT2D eigenvalue weighted by Crippen LogP contribution is -2.31. The molecule has 1 atom stereocenters. The number of aromatic nitrogens is 1. The Morgan fingerprint density at radius 1 is 1.53 bits per heavy atom. The van der Waals surface area contributed by atoms with Crippen LogP contribution >= 0.6 is 0 Å². The minimum atomic E-state index is -0.440. The molecule has 1 aromatic carbocycles. The highest BCUT2D eigenvalue weighted by molar-refractivity contribution is 5.97. The zero-order chi connectivity index (χ0) is 14.0. The van der Waals surface area contributed by atoms with E-state index in [1.165, 1.54) is 4.57 Å². The first-order valence-corrected chi connectivity index (χ1v) is 6.10. The molecule has 2 rings (SSSR count). The SMILES string of the molecule is CC(CN)CNC(=O)c1ccc2oc(=O)n(C)c2c1. The fourth-order valence-corrected chi connectivity index (χ4v) is 1.72. The van der Waals surface area contributed by atoms with Gasteiger partial charge in [-0.15, -0.1) is 0 Å². The molecular formula is C13H17N3O3. The molecular weight excluding hydrogens is 246 g/mol. The number of benzene rings is 1. The van der Waals surface area contributed by atoms with Crippen molar-refractivity contribution in [3.05, 3.63) is 34.3 Å². The van der Waals surface area contributed by atoms with Crippen LogP contribution in [0.3, 0.4) is 0 Å². The lowest BCUT2D eigenvalue weighted by molar-refractivity contribution is 0.0948. The molecule has 0 aliphatic rings. The van der Waals surface area contributed by atoms with E-state index >= 15 is 0 Å². The second-order valence-electron chi connectivity index (χ2n) is 4.66. The molecule has 1 heterocycles. The molecule has 2 aromatic rings. The summed E-state index contributed by atoms with van der Waals surface area (Å²) in [4.78, 5) is 23.3. The van der Waals surface area contributed by atoms with Gasteiger partial charge in [0.05, 0.1) is 5.52 Å². The molecule has 1 aromatic heterocycles. The van der Waals surface area contributed by atoms with Gasteiger partial charge < -0.3 is 15.5 Å². The molecule has 6 heteroatoms. The largest absolute Gasteiger partial charge is 0.419 e. The van der Waals surface area contributed by atoms with Gasteiger partial charge in [-0.3, -0.25) is 9.36 Å². The first-order chi connectivity index (χ1) is 9.02. The van der Waals surface area contributed by atoms with E-state index in [-0.39, 0.29) is 11.8 Å². The number of nitrogens with two attached hydrogens (primary N) is 1. The summed E-state index contributed by atoms with van der Waals surface area (Å²) in [5, 5.41) is 2.80. The van der Waals surface area contributed by atoms with Crippen LogP contribution in [0.5, 0.6) is 0 Å². The second-order valence-corrected chi connectivity index (χ2v) is 4.66. The van der Waals surface area contributed by atoms with E-state index in [1.54, 1.807) is 25.2 Å². The Morgan fingerprint density at radius 3 is 2.95 bits per heavy atom. The molecule has 3 N–H and O–H groups in total. The van der Waals surface area contributed by atoms with Crippen molar-refractivity contribution in [1.29, 1.82) is 0 Å². The van der Waals surface area contributed by atoms with E-state index in [0.29, 0.717) is 29.8 Å². The van der Waals surface area contributed by atoms with Gasteiger partial charge in [-0.1, -0.05) is 6.92 Å². The summed E-state index contributed by atoms with van der Waals surface area (Å²) in [5.74, 6) is -0.397. The van der Waals surface area contributed by atoms with Crippen molar-refractivity contribution in [3.63, 3.8) is 0 Å². The van der Waals surface area contributed by atoms with Gasteiger partial charge in [0.15, 0.2) is 5.58 Å². The highest BCUT2D eigenvalue weighted by Crippen LogP contribution is 2.14. The van der Waals surface area contributed by atoms with Crippen molar-refractivity contribution in [2.45, 2.75) is 6.92 Å². The molecule has 0 saturated carbocycles. The summed E-state index contributed by atoms with van der Waals surface area (Å²) in [6.45, 7) is 3.01. The molecule has 0 aliphatic heterocycles. The van der Waals surface area contributed by atoms with Crippen LogP contribution in [-0.4, -0.2) is 23.6 Å². The van der Waals surface area contributed by atoms with Crippen LogP contribution in [0.2, 0.25) is 0 Å². The van der Waals surface area contributed by atoms with E-state index in [9.17, 15) is 9.59 Å². The van der Waals surface area contributed by atoms with E-state index in [2.05, 4.69) is 5.32 Å². The molecule has 102 valence electrons. The van der Waals surface area contributed by atoms with Crippen molar-refractivity contribution in [3.8, 4) is 0 Å². The molecule has 0 fully saturated rings. The molecule has 0 radical (unpaired) electrons. The maximum Gasteiger partial charge on any atom is 0.419 e. The van der Waals surface area contributed by atoms with Crippen LogP contribution in [0.1, 0.15) is 17.3 Å². The van der Waals surface area contributed by atoms with Gasteiger partial charge in [0.25, 0.3) is 5.91 Å². The minimum Gasteiger partial charge on any atom is -0.408 e. The van der Waals surface area contributed by atoms with Crippen molar-refractivity contribution < 1.29 is 9.21 Å².